The number of piperidine rings is 1. The molecule has 0 radical (unpaired) electrons. The van der Waals surface area contributed by atoms with Crippen molar-refractivity contribution in [3.8, 4) is 0 Å². The Morgan fingerprint density at radius 2 is 1.74 bits per heavy atom. The maximum atomic E-state index is 11.8. The van der Waals surface area contributed by atoms with E-state index < -0.39 is 11.6 Å². The molecule has 5 nitrogen and oxygen atoms in total. The molecule has 23 heavy (non-hydrogen) atoms. The molecule has 1 fully saturated rings. The van der Waals surface area contributed by atoms with Gasteiger partial charge in [0.2, 0.25) is 0 Å². The van der Waals surface area contributed by atoms with E-state index in [0.29, 0.717) is 12.8 Å². The van der Waals surface area contributed by atoms with Crippen LogP contribution in [0.1, 0.15) is 39.2 Å². The second-order valence-corrected chi connectivity index (χ2v) is 7.03. The minimum atomic E-state index is -0.697. The highest BCUT2D eigenvalue weighted by molar-refractivity contribution is 5.73. The first-order valence-electron chi connectivity index (χ1n) is 8.03. The van der Waals surface area contributed by atoms with Gasteiger partial charge in [0.05, 0.1) is 12.3 Å². The van der Waals surface area contributed by atoms with Crippen LogP contribution in [0.2, 0.25) is 0 Å². The number of carboxylic acid groups (broad SMARTS) is 1. The van der Waals surface area contributed by atoms with Crippen molar-refractivity contribution in [3.63, 3.8) is 0 Å². The lowest BCUT2D eigenvalue weighted by molar-refractivity contribution is -0.154. The van der Waals surface area contributed by atoms with Crippen LogP contribution < -0.4 is 4.90 Å². The van der Waals surface area contributed by atoms with Crippen LogP contribution in [0.15, 0.2) is 24.3 Å². The van der Waals surface area contributed by atoms with Gasteiger partial charge in [-0.05, 0) is 51.3 Å². The first kappa shape index (κ1) is 17.3. The largest absolute Gasteiger partial charge is 0.481 e. The Bertz CT molecular complexity index is 551. The summed E-state index contributed by atoms with van der Waals surface area (Å²) in [5, 5.41) is 9.03. The van der Waals surface area contributed by atoms with Gasteiger partial charge in [-0.2, -0.15) is 0 Å². The Kier molecular flexibility index (Phi) is 5.29. The highest BCUT2D eigenvalue weighted by Crippen LogP contribution is 2.24. The quantitative estimate of drug-likeness (QED) is 0.864. The number of ether oxygens (including phenoxy) is 1. The first-order valence-corrected chi connectivity index (χ1v) is 8.03. The Hall–Kier alpha value is -2.04. The molecule has 1 aliphatic heterocycles. The summed E-state index contributed by atoms with van der Waals surface area (Å²) in [6, 6.07) is 7.84. The van der Waals surface area contributed by atoms with Crippen LogP contribution in [0.3, 0.4) is 0 Å². The monoisotopic (exact) mass is 319 g/mol. The third-order valence-electron chi connectivity index (χ3n) is 3.91. The van der Waals surface area contributed by atoms with Crippen molar-refractivity contribution >= 4 is 17.6 Å². The standard InChI is InChI=1S/C18H25NO4/c1-18(2,3)23-16(20)12-13-4-6-15(7-5-13)19-10-8-14(9-11-19)17(21)22/h4-7,14H,8-12H2,1-3H3,(H,21,22). The van der Waals surface area contributed by atoms with Gasteiger partial charge in [-0.3, -0.25) is 9.59 Å². The number of carbonyl (C=O) groups excluding carboxylic acids is 1. The number of hydrogen-bond acceptors (Lipinski definition) is 4. The lowest BCUT2D eigenvalue weighted by atomic mass is 9.96. The highest BCUT2D eigenvalue weighted by atomic mass is 16.6. The van der Waals surface area contributed by atoms with Crippen LogP contribution in [0.5, 0.6) is 0 Å². The zero-order chi connectivity index (χ0) is 17.0. The van der Waals surface area contributed by atoms with E-state index in [1.807, 2.05) is 45.0 Å². The van der Waals surface area contributed by atoms with Gasteiger partial charge in [0.25, 0.3) is 0 Å². The van der Waals surface area contributed by atoms with Crippen molar-refractivity contribution in [2.24, 2.45) is 5.92 Å². The molecule has 0 atom stereocenters. The van der Waals surface area contributed by atoms with Gasteiger partial charge in [-0.1, -0.05) is 12.1 Å². The number of carbonyl (C=O) groups is 2. The number of nitrogens with zero attached hydrogens (tertiary/aromatic N) is 1. The Morgan fingerprint density at radius 3 is 2.22 bits per heavy atom. The molecule has 0 unspecified atom stereocenters. The van der Waals surface area contributed by atoms with E-state index in [2.05, 4.69) is 4.90 Å². The summed E-state index contributed by atoms with van der Waals surface area (Å²) >= 11 is 0. The SMILES string of the molecule is CC(C)(C)OC(=O)Cc1ccc(N2CCC(C(=O)O)CC2)cc1. The normalized spacial score (nSPS) is 16.2. The molecule has 1 N–H and O–H groups in total. The summed E-state index contributed by atoms with van der Waals surface area (Å²) in [5.41, 5.74) is 1.52. The van der Waals surface area contributed by atoms with Gasteiger partial charge in [0, 0.05) is 18.8 Å². The second kappa shape index (κ2) is 7.02. The molecular weight excluding hydrogens is 294 g/mol. The fourth-order valence-corrected chi connectivity index (χ4v) is 2.75. The lowest BCUT2D eigenvalue weighted by Gasteiger charge is -2.32. The number of hydrogen-bond donors (Lipinski definition) is 1. The molecule has 2 rings (SSSR count). The minimum absolute atomic E-state index is 0.224. The molecule has 1 saturated heterocycles. The van der Waals surface area contributed by atoms with E-state index >= 15 is 0 Å². The summed E-state index contributed by atoms with van der Waals surface area (Å²) in [5.74, 6) is -1.15. The highest BCUT2D eigenvalue weighted by Gasteiger charge is 2.24. The van der Waals surface area contributed by atoms with E-state index in [0.717, 1.165) is 24.3 Å². The van der Waals surface area contributed by atoms with Crippen LogP contribution in [0.25, 0.3) is 0 Å². The van der Waals surface area contributed by atoms with Gasteiger partial charge in [-0.15, -0.1) is 0 Å². The predicted molar refractivity (Wildman–Crippen MR) is 88.6 cm³/mol. The van der Waals surface area contributed by atoms with Crippen LogP contribution in [0.4, 0.5) is 5.69 Å². The summed E-state index contributed by atoms with van der Waals surface area (Å²) in [6.45, 7) is 7.07. The number of aliphatic carboxylic acids is 1. The number of anilines is 1. The van der Waals surface area contributed by atoms with Gasteiger partial charge < -0.3 is 14.7 Å². The molecule has 126 valence electrons. The number of carboxylic acids is 1. The van der Waals surface area contributed by atoms with Crippen LogP contribution in [-0.4, -0.2) is 35.7 Å². The zero-order valence-corrected chi connectivity index (χ0v) is 14.0. The minimum Gasteiger partial charge on any atom is -0.481 e. The topological polar surface area (TPSA) is 66.8 Å². The van der Waals surface area contributed by atoms with Crippen LogP contribution in [0, 0.1) is 5.92 Å². The summed E-state index contributed by atoms with van der Waals surface area (Å²) in [7, 11) is 0. The van der Waals surface area contributed by atoms with Crippen molar-refractivity contribution in [2.45, 2.75) is 45.6 Å². The van der Waals surface area contributed by atoms with Crippen molar-refractivity contribution < 1.29 is 19.4 Å². The summed E-state index contributed by atoms with van der Waals surface area (Å²) in [6.07, 6.45) is 1.61. The number of rotatable bonds is 4. The zero-order valence-electron chi connectivity index (χ0n) is 14.0. The van der Waals surface area contributed by atoms with Gasteiger partial charge in [0.1, 0.15) is 5.60 Å². The molecule has 1 heterocycles. The van der Waals surface area contributed by atoms with E-state index in [1.165, 1.54) is 0 Å². The Morgan fingerprint density at radius 1 is 1.17 bits per heavy atom. The molecule has 1 aliphatic rings. The Labute approximate surface area is 137 Å². The fourth-order valence-electron chi connectivity index (χ4n) is 2.75. The maximum absolute atomic E-state index is 11.8. The molecule has 0 aromatic heterocycles. The predicted octanol–water partition coefficient (Wildman–Crippen LogP) is 2.87. The summed E-state index contributed by atoms with van der Waals surface area (Å²) in [4.78, 5) is 25.0. The van der Waals surface area contributed by atoms with Gasteiger partial charge in [0.15, 0.2) is 0 Å². The fraction of sp³-hybridized carbons (Fsp3) is 0.556. The molecule has 0 spiro atoms. The lowest BCUT2D eigenvalue weighted by Crippen LogP contribution is -2.36. The van der Waals surface area contributed by atoms with Gasteiger partial charge in [-0.25, -0.2) is 0 Å². The van der Waals surface area contributed by atoms with Crippen LogP contribution >= 0.6 is 0 Å². The average Bonchev–Trinajstić information content (AvgIpc) is 2.46. The summed E-state index contributed by atoms with van der Waals surface area (Å²) < 4.78 is 5.32. The van der Waals surface area contributed by atoms with Crippen LogP contribution in [-0.2, 0) is 20.7 Å². The molecule has 0 amide bonds. The molecule has 1 aromatic rings. The van der Waals surface area contributed by atoms with Gasteiger partial charge >= 0.3 is 11.9 Å². The number of benzene rings is 1. The van der Waals surface area contributed by atoms with E-state index in [-0.39, 0.29) is 18.3 Å². The first-order chi connectivity index (χ1) is 10.7. The molecule has 0 saturated carbocycles. The number of esters is 1. The van der Waals surface area contributed by atoms with E-state index in [1.54, 1.807) is 0 Å². The Balaban J connectivity index is 1.90. The molecule has 0 bridgehead atoms. The van der Waals surface area contributed by atoms with E-state index in [4.69, 9.17) is 9.84 Å². The van der Waals surface area contributed by atoms with E-state index in [9.17, 15) is 9.59 Å². The van der Waals surface area contributed by atoms with Crippen molar-refractivity contribution in [3.05, 3.63) is 29.8 Å². The van der Waals surface area contributed by atoms with Crippen molar-refractivity contribution in [1.29, 1.82) is 0 Å². The molecule has 0 aliphatic carbocycles. The average molecular weight is 319 g/mol. The smallest absolute Gasteiger partial charge is 0.310 e. The molecule has 5 heteroatoms. The third kappa shape index (κ3) is 5.27. The molecular formula is C18H25NO4. The van der Waals surface area contributed by atoms with Crippen molar-refractivity contribution in [1.82, 2.24) is 0 Å². The molecule has 1 aromatic carbocycles. The third-order valence-corrected chi connectivity index (χ3v) is 3.91. The second-order valence-electron chi connectivity index (χ2n) is 7.03. The van der Waals surface area contributed by atoms with Crippen molar-refractivity contribution in [2.75, 3.05) is 18.0 Å². The maximum Gasteiger partial charge on any atom is 0.310 e.